The van der Waals surface area contributed by atoms with E-state index in [0.717, 1.165) is 3.57 Å². The highest BCUT2D eigenvalue weighted by molar-refractivity contribution is 14.1. The molecular weight excluding hydrogens is 352 g/mol. The molecule has 94 valence electrons. The van der Waals surface area contributed by atoms with Gasteiger partial charge >= 0.3 is 0 Å². The van der Waals surface area contributed by atoms with Gasteiger partial charge in [0.25, 0.3) is 5.91 Å². The summed E-state index contributed by atoms with van der Waals surface area (Å²) in [5.41, 5.74) is 0.509. The lowest BCUT2D eigenvalue weighted by Gasteiger charge is -2.19. The molecule has 0 saturated carbocycles. The maximum Gasteiger partial charge on any atom is 0.251 e. The summed E-state index contributed by atoms with van der Waals surface area (Å²) in [5, 5.41) is 12.5. The van der Waals surface area contributed by atoms with Crippen LogP contribution in [-0.4, -0.2) is 23.7 Å². The van der Waals surface area contributed by atoms with Crippen LogP contribution in [0.1, 0.15) is 24.2 Å². The first-order valence-electron chi connectivity index (χ1n) is 5.32. The molecule has 0 bridgehead atoms. The second kappa shape index (κ2) is 6.56. The molecule has 0 aliphatic carbocycles. The highest BCUT2D eigenvalue weighted by atomic mass is 127. The van der Waals surface area contributed by atoms with E-state index >= 15 is 0 Å². The van der Waals surface area contributed by atoms with E-state index in [0.29, 0.717) is 10.6 Å². The van der Waals surface area contributed by atoms with Crippen molar-refractivity contribution in [3.63, 3.8) is 0 Å². The van der Waals surface area contributed by atoms with Gasteiger partial charge in [0, 0.05) is 9.13 Å². The average Bonchev–Trinajstić information content (AvgIpc) is 2.28. The van der Waals surface area contributed by atoms with Gasteiger partial charge < -0.3 is 10.4 Å². The van der Waals surface area contributed by atoms with E-state index in [1.165, 1.54) is 0 Å². The maximum atomic E-state index is 11.9. The van der Waals surface area contributed by atoms with Crippen molar-refractivity contribution in [1.29, 1.82) is 0 Å². The average molecular weight is 368 g/mol. The lowest BCUT2D eigenvalue weighted by molar-refractivity contribution is 0.0897. The molecule has 5 heteroatoms. The fraction of sp³-hybridized carbons (Fsp3) is 0.417. The van der Waals surface area contributed by atoms with Crippen molar-refractivity contribution in [3.8, 4) is 0 Å². The molecule has 1 atom stereocenters. The van der Waals surface area contributed by atoms with Crippen LogP contribution in [0, 0.1) is 9.49 Å². The van der Waals surface area contributed by atoms with E-state index in [1.807, 2.05) is 13.8 Å². The quantitative estimate of drug-likeness (QED) is 0.804. The van der Waals surface area contributed by atoms with E-state index in [4.69, 9.17) is 16.7 Å². The third-order valence-corrected chi connectivity index (χ3v) is 4.07. The Labute approximate surface area is 120 Å². The van der Waals surface area contributed by atoms with Crippen LogP contribution in [0.4, 0.5) is 0 Å². The van der Waals surface area contributed by atoms with Gasteiger partial charge in [-0.3, -0.25) is 4.79 Å². The summed E-state index contributed by atoms with van der Waals surface area (Å²) in [4.78, 5) is 11.9. The fourth-order valence-electron chi connectivity index (χ4n) is 1.31. The summed E-state index contributed by atoms with van der Waals surface area (Å²) in [6, 6.07) is 4.91. The first-order valence-corrected chi connectivity index (χ1v) is 6.78. The van der Waals surface area contributed by atoms with Gasteiger partial charge in [-0.1, -0.05) is 25.4 Å². The number of carbonyl (C=O) groups excluding carboxylic acids is 1. The van der Waals surface area contributed by atoms with Crippen LogP contribution in [0.15, 0.2) is 18.2 Å². The van der Waals surface area contributed by atoms with Gasteiger partial charge in [0.2, 0.25) is 0 Å². The Morgan fingerprint density at radius 2 is 2.18 bits per heavy atom. The van der Waals surface area contributed by atoms with E-state index in [2.05, 4.69) is 27.9 Å². The van der Waals surface area contributed by atoms with Gasteiger partial charge in [-0.2, -0.15) is 0 Å². The lowest BCUT2D eigenvalue weighted by Crippen LogP contribution is -2.41. The van der Waals surface area contributed by atoms with Crippen LogP contribution in [-0.2, 0) is 0 Å². The zero-order chi connectivity index (χ0) is 13.0. The second-order valence-electron chi connectivity index (χ2n) is 4.14. The summed E-state index contributed by atoms with van der Waals surface area (Å²) in [5.74, 6) is -0.0284. The lowest BCUT2D eigenvalue weighted by atomic mass is 10.0. The number of benzene rings is 1. The first-order chi connectivity index (χ1) is 7.95. The standard InChI is InChI=1S/C12H15ClINO2/c1-7(2)11(6-16)15-12(17)8-3-4-10(14)9(13)5-8/h3-5,7,11,16H,6H2,1-2H3,(H,15,17). The molecular formula is C12H15ClINO2. The zero-order valence-corrected chi connectivity index (χ0v) is 12.6. The highest BCUT2D eigenvalue weighted by Gasteiger charge is 2.16. The maximum absolute atomic E-state index is 11.9. The fourth-order valence-corrected chi connectivity index (χ4v) is 1.83. The predicted molar refractivity (Wildman–Crippen MR) is 77.3 cm³/mol. The van der Waals surface area contributed by atoms with Gasteiger partial charge in [-0.05, 0) is 46.7 Å². The van der Waals surface area contributed by atoms with Gasteiger partial charge in [0.1, 0.15) is 0 Å². The van der Waals surface area contributed by atoms with Crippen LogP contribution in [0.25, 0.3) is 0 Å². The van der Waals surface area contributed by atoms with Crippen LogP contribution in [0.5, 0.6) is 0 Å². The van der Waals surface area contributed by atoms with Crippen LogP contribution < -0.4 is 5.32 Å². The van der Waals surface area contributed by atoms with Crippen molar-refractivity contribution in [2.45, 2.75) is 19.9 Å². The molecule has 1 amide bonds. The van der Waals surface area contributed by atoms with Gasteiger partial charge in [-0.15, -0.1) is 0 Å². The van der Waals surface area contributed by atoms with Crippen molar-refractivity contribution in [1.82, 2.24) is 5.32 Å². The largest absolute Gasteiger partial charge is 0.394 e. The molecule has 0 aliphatic heterocycles. The third-order valence-electron chi connectivity index (χ3n) is 2.50. The number of rotatable bonds is 4. The molecule has 1 aromatic carbocycles. The Bertz CT molecular complexity index is 409. The van der Waals surface area contributed by atoms with Crippen molar-refractivity contribution < 1.29 is 9.90 Å². The molecule has 0 saturated heterocycles. The van der Waals surface area contributed by atoms with Crippen molar-refractivity contribution in [2.24, 2.45) is 5.92 Å². The minimum absolute atomic E-state index is 0.0679. The Morgan fingerprint density at radius 3 is 2.65 bits per heavy atom. The first kappa shape index (κ1) is 14.7. The second-order valence-corrected chi connectivity index (χ2v) is 5.70. The van der Waals surface area contributed by atoms with Crippen LogP contribution in [0.3, 0.4) is 0 Å². The number of carbonyl (C=O) groups is 1. The summed E-state index contributed by atoms with van der Waals surface area (Å²) in [7, 11) is 0. The van der Waals surface area contributed by atoms with Crippen LogP contribution in [0.2, 0.25) is 5.02 Å². The van der Waals surface area contributed by atoms with Gasteiger partial charge in [-0.25, -0.2) is 0 Å². The number of nitrogens with one attached hydrogen (secondary N) is 1. The summed E-state index contributed by atoms with van der Waals surface area (Å²) >= 11 is 8.06. The Morgan fingerprint density at radius 1 is 1.53 bits per heavy atom. The highest BCUT2D eigenvalue weighted by Crippen LogP contribution is 2.19. The Kier molecular flexibility index (Phi) is 5.69. The van der Waals surface area contributed by atoms with E-state index in [1.54, 1.807) is 18.2 Å². The number of halogens is 2. The number of aliphatic hydroxyl groups is 1. The molecule has 1 unspecified atom stereocenters. The smallest absolute Gasteiger partial charge is 0.251 e. The van der Waals surface area contributed by atoms with Gasteiger partial charge in [0.15, 0.2) is 0 Å². The molecule has 1 rings (SSSR count). The Hall–Kier alpha value is -0.330. The van der Waals surface area contributed by atoms with Gasteiger partial charge in [0.05, 0.1) is 17.7 Å². The number of aliphatic hydroxyl groups excluding tert-OH is 1. The molecule has 0 aliphatic rings. The zero-order valence-electron chi connectivity index (χ0n) is 9.71. The summed E-state index contributed by atoms with van der Waals surface area (Å²) < 4.78 is 0.906. The summed E-state index contributed by atoms with van der Waals surface area (Å²) in [6.07, 6.45) is 0. The molecule has 0 fully saturated rings. The number of hydrogen-bond donors (Lipinski definition) is 2. The SMILES string of the molecule is CC(C)C(CO)NC(=O)c1ccc(I)c(Cl)c1. The molecule has 3 nitrogen and oxygen atoms in total. The molecule has 0 aromatic heterocycles. The van der Waals surface area contributed by atoms with Crippen molar-refractivity contribution in [2.75, 3.05) is 6.61 Å². The molecule has 0 radical (unpaired) electrons. The minimum atomic E-state index is -0.236. The normalized spacial score (nSPS) is 12.6. The van der Waals surface area contributed by atoms with E-state index in [-0.39, 0.29) is 24.5 Å². The van der Waals surface area contributed by atoms with Crippen molar-refractivity contribution in [3.05, 3.63) is 32.4 Å². The number of amides is 1. The molecule has 1 aromatic rings. The van der Waals surface area contributed by atoms with E-state index < -0.39 is 0 Å². The molecule has 2 N–H and O–H groups in total. The van der Waals surface area contributed by atoms with Crippen molar-refractivity contribution >= 4 is 40.1 Å². The molecule has 0 spiro atoms. The molecule has 17 heavy (non-hydrogen) atoms. The summed E-state index contributed by atoms with van der Waals surface area (Å²) in [6.45, 7) is 3.83. The number of hydrogen-bond acceptors (Lipinski definition) is 2. The molecule has 0 heterocycles. The monoisotopic (exact) mass is 367 g/mol. The Balaban J connectivity index is 2.79. The minimum Gasteiger partial charge on any atom is -0.394 e. The third kappa shape index (κ3) is 4.12. The topological polar surface area (TPSA) is 49.3 Å². The van der Waals surface area contributed by atoms with E-state index in [9.17, 15) is 4.79 Å². The predicted octanol–water partition coefficient (Wildman–Crippen LogP) is 2.69. The van der Waals surface area contributed by atoms with Crippen LogP contribution >= 0.6 is 34.2 Å².